The van der Waals surface area contributed by atoms with E-state index in [0.29, 0.717) is 11.5 Å². The van der Waals surface area contributed by atoms with Crippen LogP contribution in [0.3, 0.4) is 0 Å². The van der Waals surface area contributed by atoms with Crippen molar-refractivity contribution >= 4 is 54.8 Å². The third kappa shape index (κ3) is 7.56. The van der Waals surface area contributed by atoms with E-state index in [-0.39, 0.29) is 31.9 Å². The molecule has 0 amide bonds. The SMILES string of the molecule is CC(C)(C)c1ccnc(-n2c3[c-]c(Oc4[c-]c(-n5[c-][n+]6c7c(cc(-c8ccc9oc%10ccccc%10c9c8)cc75)-c5ccccc5-c5ccccc5-c5cccc(C(C)(C)C)c5-6)ccc4)ccc3c3ccccc32)c1.[Pt]. The molecule has 0 atom stereocenters. The summed E-state index contributed by atoms with van der Waals surface area (Å²) < 4.78 is 19.9. The summed E-state index contributed by atoms with van der Waals surface area (Å²) in [6.45, 7) is 13.6. The van der Waals surface area contributed by atoms with Crippen molar-refractivity contribution in [2.24, 2.45) is 0 Å². The number of fused-ring (bicyclic) bond motifs is 13. The first-order valence-corrected chi connectivity index (χ1v) is 25.4. The molecule has 0 unspecified atom stereocenters. The molecule has 14 rings (SSSR count). The number of ether oxygens (including phenoxy) is 1. The van der Waals surface area contributed by atoms with Crippen LogP contribution in [-0.2, 0) is 31.9 Å². The van der Waals surface area contributed by atoms with Crippen LogP contribution in [0, 0.1) is 18.5 Å². The Morgan fingerprint density at radius 2 is 1.17 bits per heavy atom. The molecule has 13 aromatic rings. The second kappa shape index (κ2) is 17.4. The summed E-state index contributed by atoms with van der Waals surface area (Å²) >= 11 is 0. The van der Waals surface area contributed by atoms with E-state index >= 15 is 0 Å². The van der Waals surface area contributed by atoms with Crippen LogP contribution in [0.1, 0.15) is 52.7 Å². The second-order valence-corrected chi connectivity index (χ2v) is 21.6. The summed E-state index contributed by atoms with van der Waals surface area (Å²) in [4.78, 5) is 4.90. The molecule has 0 spiro atoms. The summed E-state index contributed by atoms with van der Waals surface area (Å²) in [5.74, 6) is 1.97. The van der Waals surface area contributed by atoms with Crippen LogP contribution in [0.5, 0.6) is 11.5 Å². The molecule has 5 heterocycles. The molecule has 0 radical (unpaired) electrons. The van der Waals surface area contributed by atoms with Gasteiger partial charge in [0.2, 0.25) is 0 Å². The van der Waals surface area contributed by atoms with Crippen LogP contribution >= 0.6 is 0 Å². The molecule has 9 aromatic carbocycles. The molecule has 0 saturated heterocycles. The van der Waals surface area contributed by atoms with E-state index in [9.17, 15) is 0 Å². The molecule has 366 valence electrons. The third-order valence-electron chi connectivity index (χ3n) is 14.9. The van der Waals surface area contributed by atoms with Crippen LogP contribution in [0.15, 0.2) is 199 Å². The molecule has 0 bridgehead atoms. The monoisotopic (exact) mass is 1150 g/mol. The van der Waals surface area contributed by atoms with Crippen molar-refractivity contribution < 1.29 is 34.8 Å². The molecule has 4 aromatic heterocycles. The zero-order chi connectivity index (χ0) is 50.0. The van der Waals surface area contributed by atoms with E-state index in [2.05, 4.69) is 231 Å². The minimum Gasteiger partial charge on any atom is -0.510 e. The van der Waals surface area contributed by atoms with Gasteiger partial charge in [-0.15, -0.1) is 29.7 Å². The molecule has 75 heavy (non-hydrogen) atoms. The standard InChI is InChI=1S/C68H50N4O2.Pt/c1-67(2,3)44-33-34-69-64(38-44)72-59-27-13-11-23-52(59)53-31-30-47(40-60(53)72)73-46-18-15-17-45(39-46)70-41-71-65-55(25-16-26-58(65)68(4,5)6)50-21-9-7-19-48(50)49-20-8-10-22-51(49)57-36-43(37-61(70)66(57)71)42-29-32-63-56(35-42)54-24-12-14-28-62(54)74-63;/h7-38H,1-6H3;/q-2;. The Bertz CT molecular complexity index is 4440. The van der Waals surface area contributed by atoms with Crippen molar-refractivity contribution in [1.29, 1.82) is 0 Å². The van der Waals surface area contributed by atoms with Gasteiger partial charge in [-0.3, -0.25) is 4.57 Å². The van der Waals surface area contributed by atoms with Gasteiger partial charge in [-0.25, -0.2) is 4.98 Å². The first-order chi connectivity index (χ1) is 35.9. The van der Waals surface area contributed by atoms with Crippen LogP contribution in [0.4, 0.5) is 0 Å². The van der Waals surface area contributed by atoms with Crippen LogP contribution in [0.25, 0.3) is 116 Å². The molecule has 0 aliphatic carbocycles. The molecule has 0 fully saturated rings. The quantitative estimate of drug-likeness (QED) is 0.127. The van der Waals surface area contributed by atoms with Crippen molar-refractivity contribution in [3.05, 3.63) is 224 Å². The van der Waals surface area contributed by atoms with Gasteiger partial charge in [-0.05, 0) is 120 Å². The Kier molecular flexibility index (Phi) is 10.8. The van der Waals surface area contributed by atoms with Gasteiger partial charge in [0.25, 0.3) is 6.33 Å². The number of nitrogens with zero attached hydrogens (tertiary/aromatic N) is 4. The van der Waals surface area contributed by atoms with Gasteiger partial charge in [0.15, 0.2) is 0 Å². The number of hydrogen-bond acceptors (Lipinski definition) is 3. The van der Waals surface area contributed by atoms with E-state index < -0.39 is 0 Å². The molecule has 1 aliphatic rings. The number of benzene rings is 9. The number of imidazole rings is 1. The van der Waals surface area contributed by atoms with Gasteiger partial charge in [-0.1, -0.05) is 162 Å². The first kappa shape index (κ1) is 46.5. The van der Waals surface area contributed by atoms with E-state index in [1.165, 1.54) is 22.3 Å². The molecule has 0 N–H and O–H groups in total. The van der Waals surface area contributed by atoms with E-state index in [4.69, 9.17) is 14.1 Å². The molecular weight excluding hydrogens is 1100 g/mol. The topological polar surface area (TPSA) is 49.0 Å². The van der Waals surface area contributed by atoms with E-state index in [1.54, 1.807) is 0 Å². The molecular formula is C68H50N4O2Pt-2. The Labute approximate surface area is 450 Å². The van der Waals surface area contributed by atoms with Crippen molar-refractivity contribution in [3.8, 4) is 73.2 Å². The number of aromatic nitrogens is 4. The van der Waals surface area contributed by atoms with Crippen LogP contribution in [-0.4, -0.2) is 14.1 Å². The van der Waals surface area contributed by atoms with Gasteiger partial charge >= 0.3 is 0 Å². The second-order valence-electron chi connectivity index (χ2n) is 21.6. The zero-order valence-corrected chi connectivity index (χ0v) is 44.7. The summed E-state index contributed by atoms with van der Waals surface area (Å²) in [5, 5.41) is 4.38. The van der Waals surface area contributed by atoms with E-state index in [1.807, 2.05) is 36.5 Å². The van der Waals surface area contributed by atoms with Crippen LogP contribution < -0.4 is 9.30 Å². The fraction of sp³-hybridized carbons (Fsp3) is 0.118. The van der Waals surface area contributed by atoms with Gasteiger partial charge in [-0.2, -0.15) is 18.2 Å². The predicted molar refractivity (Wildman–Crippen MR) is 300 cm³/mol. The Morgan fingerprint density at radius 1 is 0.507 bits per heavy atom. The van der Waals surface area contributed by atoms with Crippen LogP contribution in [0.2, 0.25) is 0 Å². The van der Waals surface area contributed by atoms with Gasteiger partial charge in [0, 0.05) is 55.1 Å². The number of hydrogen-bond donors (Lipinski definition) is 0. The largest absolute Gasteiger partial charge is 0.510 e. The summed E-state index contributed by atoms with van der Waals surface area (Å²) in [7, 11) is 0. The maximum atomic E-state index is 6.83. The zero-order valence-electron chi connectivity index (χ0n) is 42.4. The maximum absolute atomic E-state index is 6.83. The third-order valence-corrected chi connectivity index (χ3v) is 14.9. The van der Waals surface area contributed by atoms with Crippen molar-refractivity contribution in [2.75, 3.05) is 0 Å². The Hall–Kier alpha value is -8.31. The fourth-order valence-corrected chi connectivity index (χ4v) is 11.3. The van der Waals surface area contributed by atoms with Gasteiger partial charge in [0.1, 0.15) is 17.0 Å². The summed E-state index contributed by atoms with van der Waals surface area (Å²) in [5.41, 5.74) is 18.8. The maximum Gasteiger partial charge on any atom is 0.268 e. The number of furan rings is 1. The number of para-hydroxylation sites is 3. The first-order valence-electron chi connectivity index (χ1n) is 25.4. The Morgan fingerprint density at radius 3 is 1.95 bits per heavy atom. The van der Waals surface area contributed by atoms with Crippen molar-refractivity contribution in [3.63, 3.8) is 0 Å². The summed E-state index contributed by atoms with van der Waals surface area (Å²) in [6, 6.07) is 74.3. The molecule has 0 saturated carbocycles. The van der Waals surface area contributed by atoms with Crippen molar-refractivity contribution in [2.45, 2.75) is 52.4 Å². The Balaban J connectivity index is 0.00000541. The predicted octanol–water partition coefficient (Wildman–Crippen LogP) is 17.1. The number of rotatable bonds is 5. The normalized spacial score (nSPS) is 12.3. The minimum atomic E-state index is -0.214. The average molecular weight is 1150 g/mol. The minimum absolute atomic E-state index is 0. The van der Waals surface area contributed by atoms with Crippen molar-refractivity contribution in [1.82, 2.24) is 14.1 Å². The van der Waals surface area contributed by atoms with Gasteiger partial charge in [0.05, 0.1) is 16.7 Å². The van der Waals surface area contributed by atoms with Gasteiger partial charge < -0.3 is 18.3 Å². The smallest absolute Gasteiger partial charge is 0.268 e. The molecule has 6 nitrogen and oxygen atoms in total. The fourth-order valence-electron chi connectivity index (χ4n) is 11.3. The molecule has 1 aliphatic heterocycles. The van der Waals surface area contributed by atoms with E-state index in [0.717, 1.165) is 105 Å². The molecule has 7 heteroatoms. The number of pyridine rings is 1. The summed E-state index contributed by atoms with van der Waals surface area (Å²) in [6.07, 6.45) is 5.89. The average Bonchev–Trinajstić information content (AvgIpc) is 4.11.